The summed E-state index contributed by atoms with van der Waals surface area (Å²) in [5.41, 5.74) is 0. The quantitative estimate of drug-likeness (QED) is 0.659. The molecule has 1 aliphatic rings. The highest BCUT2D eigenvalue weighted by molar-refractivity contribution is 4.77. The minimum atomic E-state index is 0.612. The maximum atomic E-state index is 3.54. The van der Waals surface area contributed by atoms with Gasteiger partial charge in [-0.1, -0.05) is 13.8 Å². The van der Waals surface area contributed by atoms with E-state index in [0.29, 0.717) is 12.1 Å². The summed E-state index contributed by atoms with van der Waals surface area (Å²) in [6, 6.07) is 1.30. The number of nitrogens with one attached hydrogen (secondary N) is 2. The maximum Gasteiger partial charge on any atom is 0.0207 e. The second-order valence-corrected chi connectivity index (χ2v) is 4.31. The fourth-order valence-electron chi connectivity index (χ4n) is 1.73. The molecular weight excluding hydrogens is 162 g/mol. The molecule has 0 aliphatic carbocycles. The van der Waals surface area contributed by atoms with Crippen LogP contribution in [0.4, 0.5) is 0 Å². The van der Waals surface area contributed by atoms with Crippen LogP contribution in [-0.4, -0.2) is 50.2 Å². The van der Waals surface area contributed by atoms with Gasteiger partial charge in [0.25, 0.3) is 0 Å². The molecule has 0 aromatic heterocycles. The van der Waals surface area contributed by atoms with Crippen LogP contribution in [0.25, 0.3) is 0 Å². The molecule has 2 N–H and O–H groups in total. The van der Waals surface area contributed by atoms with Crippen molar-refractivity contribution < 1.29 is 0 Å². The Bertz CT molecular complexity index is 136. The molecule has 1 saturated heterocycles. The first-order chi connectivity index (χ1) is 6.18. The van der Waals surface area contributed by atoms with Crippen molar-refractivity contribution in [1.29, 1.82) is 0 Å². The van der Waals surface area contributed by atoms with E-state index in [1.165, 1.54) is 19.5 Å². The lowest BCUT2D eigenvalue weighted by Crippen LogP contribution is -2.50. The summed E-state index contributed by atoms with van der Waals surface area (Å²) in [4.78, 5) is 2.40. The van der Waals surface area contributed by atoms with Gasteiger partial charge in [-0.3, -0.25) is 0 Å². The number of nitrogens with zero attached hydrogens (tertiary/aromatic N) is 1. The third kappa shape index (κ3) is 4.60. The highest BCUT2D eigenvalue weighted by Gasteiger charge is 2.15. The minimum absolute atomic E-state index is 0.612. The van der Waals surface area contributed by atoms with Gasteiger partial charge in [-0.2, -0.15) is 0 Å². The van der Waals surface area contributed by atoms with Crippen LogP contribution in [0, 0.1) is 0 Å². The van der Waals surface area contributed by atoms with Gasteiger partial charge in [0, 0.05) is 31.7 Å². The average molecular weight is 185 g/mol. The van der Waals surface area contributed by atoms with Crippen molar-refractivity contribution in [1.82, 2.24) is 15.5 Å². The number of hydrogen-bond acceptors (Lipinski definition) is 3. The van der Waals surface area contributed by atoms with Crippen LogP contribution in [-0.2, 0) is 0 Å². The van der Waals surface area contributed by atoms with E-state index in [1.807, 2.05) is 0 Å². The van der Waals surface area contributed by atoms with Gasteiger partial charge in [0.2, 0.25) is 0 Å². The molecule has 3 nitrogen and oxygen atoms in total. The van der Waals surface area contributed by atoms with Gasteiger partial charge in [-0.15, -0.1) is 0 Å². The largest absolute Gasteiger partial charge is 0.314 e. The van der Waals surface area contributed by atoms with Gasteiger partial charge in [0.15, 0.2) is 0 Å². The van der Waals surface area contributed by atoms with Crippen molar-refractivity contribution in [3.05, 3.63) is 0 Å². The zero-order valence-electron chi connectivity index (χ0n) is 9.14. The predicted molar refractivity (Wildman–Crippen MR) is 57.0 cm³/mol. The summed E-state index contributed by atoms with van der Waals surface area (Å²) in [5, 5.41) is 6.99. The summed E-state index contributed by atoms with van der Waals surface area (Å²) in [6.45, 7) is 9.04. The molecular formula is C10H23N3. The molecule has 0 bridgehead atoms. The highest BCUT2D eigenvalue weighted by Crippen LogP contribution is 1.99. The normalized spacial score (nSPS) is 25.4. The van der Waals surface area contributed by atoms with Crippen LogP contribution < -0.4 is 10.6 Å². The molecule has 1 heterocycles. The molecule has 0 saturated carbocycles. The van der Waals surface area contributed by atoms with Crippen molar-refractivity contribution in [2.75, 3.05) is 33.2 Å². The van der Waals surface area contributed by atoms with Crippen LogP contribution in [0.1, 0.15) is 20.3 Å². The van der Waals surface area contributed by atoms with E-state index in [-0.39, 0.29) is 0 Å². The Balaban J connectivity index is 2.06. The zero-order chi connectivity index (χ0) is 9.68. The van der Waals surface area contributed by atoms with Gasteiger partial charge in [0.1, 0.15) is 0 Å². The van der Waals surface area contributed by atoms with Crippen molar-refractivity contribution >= 4 is 0 Å². The zero-order valence-corrected chi connectivity index (χ0v) is 9.14. The lowest BCUT2D eigenvalue weighted by atomic mass is 10.1. The topological polar surface area (TPSA) is 27.3 Å². The first-order valence-electron chi connectivity index (χ1n) is 5.34. The van der Waals surface area contributed by atoms with Crippen LogP contribution >= 0.6 is 0 Å². The molecule has 13 heavy (non-hydrogen) atoms. The molecule has 0 aromatic rings. The Morgan fingerprint density at radius 3 is 2.92 bits per heavy atom. The Morgan fingerprint density at radius 1 is 1.54 bits per heavy atom. The van der Waals surface area contributed by atoms with E-state index < -0.39 is 0 Å². The van der Waals surface area contributed by atoms with Crippen molar-refractivity contribution in [2.24, 2.45) is 0 Å². The molecule has 1 atom stereocenters. The number of piperazine rings is 1. The monoisotopic (exact) mass is 185 g/mol. The average Bonchev–Trinajstić information content (AvgIpc) is 2.03. The van der Waals surface area contributed by atoms with Crippen LogP contribution in [0.5, 0.6) is 0 Å². The van der Waals surface area contributed by atoms with Crippen LogP contribution in [0.3, 0.4) is 0 Å². The Labute approximate surface area is 81.9 Å². The molecule has 1 unspecified atom stereocenters. The smallest absolute Gasteiger partial charge is 0.0207 e. The fourth-order valence-corrected chi connectivity index (χ4v) is 1.73. The van der Waals surface area contributed by atoms with E-state index in [9.17, 15) is 0 Å². The van der Waals surface area contributed by atoms with Crippen molar-refractivity contribution in [3.63, 3.8) is 0 Å². The van der Waals surface area contributed by atoms with E-state index >= 15 is 0 Å². The predicted octanol–water partition coefficient (Wildman–Crippen LogP) is 0.278. The van der Waals surface area contributed by atoms with Gasteiger partial charge in [-0.25, -0.2) is 0 Å². The number of rotatable bonds is 4. The maximum absolute atomic E-state index is 3.54. The van der Waals surface area contributed by atoms with Gasteiger partial charge in [-0.05, 0) is 20.0 Å². The summed E-state index contributed by atoms with van der Waals surface area (Å²) in [5.74, 6) is 0. The summed E-state index contributed by atoms with van der Waals surface area (Å²) < 4.78 is 0. The SMILES string of the molecule is CC(C)NCCC1CN(C)CCN1. The lowest BCUT2D eigenvalue weighted by molar-refractivity contribution is 0.230. The summed E-state index contributed by atoms with van der Waals surface area (Å²) in [7, 11) is 2.20. The number of likely N-dealkylation sites (N-methyl/N-ethyl adjacent to an activating group) is 1. The molecule has 1 rings (SSSR count). The van der Waals surface area contributed by atoms with Gasteiger partial charge >= 0.3 is 0 Å². The van der Waals surface area contributed by atoms with E-state index in [4.69, 9.17) is 0 Å². The van der Waals surface area contributed by atoms with Crippen LogP contribution in [0.2, 0.25) is 0 Å². The molecule has 0 amide bonds. The molecule has 0 radical (unpaired) electrons. The van der Waals surface area contributed by atoms with Crippen LogP contribution in [0.15, 0.2) is 0 Å². The first kappa shape index (κ1) is 11.0. The standard InChI is InChI=1S/C10H23N3/c1-9(2)11-5-4-10-8-13(3)7-6-12-10/h9-12H,4-8H2,1-3H3. The lowest BCUT2D eigenvalue weighted by Gasteiger charge is -2.31. The third-order valence-corrected chi connectivity index (χ3v) is 2.50. The Morgan fingerprint density at radius 2 is 2.31 bits per heavy atom. The molecule has 0 spiro atoms. The number of hydrogen-bond donors (Lipinski definition) is 2. The van der Waals surface area contributed by atoms with Crippen molar-refractivity contribution in [3.8, 4) is 0 Å². The second kappa shape index (κ2) is 5.58. The van der Waals surface area contributed by atoms with Gasteiger partial charge in [0.05, 0.1) is 0 Å². The molecule has 1 aliphatic heterocycles. The molecule has 3 heteroatoms. The third-order valence-electron chi connectivity index (χ3n) is 2.50. The Kier molecular flexibility index (Phi) is 4.70. The summed E-state index contributed by atoms with van der Waals surface area (Å²) in [6.07, 6.45) is 1.24. The van der Waals surface area contributed by atoms with E-state index in [1.54, 1.807) is 0 Å². The fraction of sp³-hybridized carbons (Fsp3) is 1.00. The van der Waals surface area contributed by atoms with Crippen molar-refractivity contribution in [2.45, 2.75) is 32.4 Å². The molecule has 0 aromatic carbocycles. The van der Waals surface area contributed by atoms with Gasteiger partial charge < -0.3 is 15.5 Å². The minimum Gasteiger partial charge on any atom is -0.314 e. The second-order valence-electron chi connectivity index (χ2n) is 4.31. The first-order valence-corrected chi connectivity index (χ1v) is 5.34. The summed E-state index contributed by atoms with van der Waals surface area (Å²) >= 11 is 0. The highest BCUT2D eigenvalue weighted by atomic mass is 15.2. The Hall–Kier alpha value is -0.120. The van der Waals surface area contributed by atoms with E-state index in [0.717, 1.165) is 13.1 Å². The molecule has 78 valence electrons. The van der Waals surface area contributed by atoms with E-state index in [2.05, 4.69) is 36.4 Å². The molecule has 1 fully saturated rings.